The standard InChI is InChI=1S/C11H20N2O2S2/c1-17(14,15)9-7-10(13-12)4-2-5-11-6-3-8-16-11/h3,6,8,10,13H,2,4-5,7,9,12H2,1H3. The van der Waals surface area contributed by atoms with Gasteiger partial charge in [0.15, 0.2) is 0 Å². The molecule has 4 nitrogen and oxygen atoms in total. The van der Waals surface area contributed by atoms with E-state index in [2.05, 4.69) is 16.9 Å². The zero-order valence-electron chi connectivity index (χ0n) is 10.1. The van der Waals surface area contributed by atoms with Crippen LogP contribution in [0.1, 0.15) is 24.1 Å². The molecular formula is C11H20N2O2S2. The van der Waals surface area contributed by atoms with Crippen molar-refractivity contribution in [3.8, 4) is 0 Å². The Bertz CT molecular complexity index is 401. The maximum Gasteiger partial charge on any atom is 0.147 e. The molecule has 3 N–H and O–H groups in total. The molecule has 98 valence electrons. The summed E-state index contributed by atoms with van der Waals surface area (Å²) in [4.78, 5) is 1.36. The van der Waals surface area contributed by atoms with Gasteiger partial charge in [0.2, 0.25) is 0 Å². The monoisotopic (exact) mass is 276 g/mol. The Labute approximate surface area is 107 Å². The highest BCUT2D eigenvalue weighted by Crippen LogP contribution is 2.13. The highest BCUT2D eigenvalue weighted by atomic mass is 32.2. The van der Waals surface area contributed by atoms with E-state index in [1.54, 1.807) is 11.3 Å². The summed E-state index contributed by atoms with van der Waals surface area (Å²) in [7, 11) is -2.89. The van der Waals surface area contributed by atoms with Crippen LogP contribution < -0.4 is 11.3 Å². The molecule has 0 aliphatic rings. The van der Waals surface area contributed by atoms with E-state index >= 15 is 0 Å². The minimum Gasteiger partial charge on any atom is -0.271 e. The predicted octanol–water partition coefficient (Wildman–Crippen LogP) is 1.34. The Morgan fingerprint density at radius 2 is 2.24 bits per heavy atom. The van der Waals surface area contributed by atoms with Crippen molar-refractivity contribution in [2.24, 2.45) is 5.84 Å². The zero-order chi connectivity index (χ0) is 12.7. The average Bonchev–Trinajstić information content (AvgIpc) is 2.74. The van der Waals surface area contributed by atoms with Gasteiger partial charge in [-0.25, -0.2) is 8.42 Å². The molecule has 0 amide bonds. The smallest absolute Gasteiger partial charge is 0.147 e. The van der Waals surface area contributed by atoms with Crippen molar-refractivity contribution in [2.45, 2.75) is 31.7 Å². The van der Waals surface area contributed by atoms with Crippen molar-refractivity contribution in [2.75, 3.05) is 12.0 Å². The van der Waals surface area contributed by atoms with Crippen LogP contribution in [-0.2, 0) is 16.3 Å². The molecule has 0 bridgehead atoms. The molecule has 0 saturated carbocycles. The number of hydrogen-bond donors (Lipinski definition) is 2. The second-order valence-electron chi connectivity index (χ2n) is 4.25. The van der Waals surface area contributed by atoms with E-state index < -0.39 is 9.84 Å². The maximum absolute atomic E-state index is 11.0. The number of nitrogens with two attached hydrogens (primary N) is 1. The van der Waals surface area contributed by atoms with Crippen molar-refractivity contribution >= 4 is 21.2 Å². The van der Waals surface area contributed by atoms with Crippen LogP contribution in [0.15, 0.2) is 17.5 Å². The van der Waals surface area contributed by atoms with Gasteiger partial charge in [0, 0.05) is 17.2 Å². The summed E-state index contributed by atoms with van der Waals surface area (Å²) in [6.45, 7) is 0. The lowest BCUT2D eigenvalue weighted by Crippen LogP contribution is -2.36. The van der Waals surface area contributed by atoms with Gasteiger partial charge in [-0.2, -0.15) is 0 Å². The highest BCUT2D eigenvalue weighted by Gasteiger charge is 2.10. The lowest BCUT2D eigenvalue weighted by Gasteiger charge is -2.14. The predicted molar refractivity (Wildman–Crippen MR) is 72.7 cm³/mol. The number of hydrogen-bond acceptors (Lipinski definition) is 5. The van der Waals surface area contributed by atoms with Crippen LogP contribution in [0.2, 0.25) is 0 Å². The fourth-order valence-electron chi connectivity index (χ4n) is 1.64. The molecule has 0 saturated heterocycles. The normalized spacial score (nSPS) is 13.8. The van der Waals surface area contributed by atoms with E-state index in [0.717, 1.165) is 19.3 Å². The topological polar surface area (TPSA) is 72.2 Å². The first-order chi connectivity index (χ1) is 8.01. The van der Waals surface area contributed by atoms with E-state index in [1.165, 1.54) is 11.1 Å². The molecule has 0 radical (unpaired) electrons. The molecule has 0 spiro atoms. The van der Waals surface area contributed by atoms with E-state index in [0.29, 0.717) is 6.42 Å². The molecule has 0 aliphatic carbocycles. The third-order valence-electron chi connectivity index (χ3n) is 2.63. The Kier molecular flexibility index (Phi) is 6.11. The Morgan fingerprint density at radius 1 is 1.47 bits per heavy atom. The molecule has 1 rings (SSSR count). The summed E-state index contributed by atoms with van der Waals surface area (Å²) in [6, 6.07) is 4.25. The average molecular weight is 276 g/mol. The van der Waals surface area contributed by atoms with Gasteiger partial charge in [-0.1, -0.05) is 6.07 Å². The number of thiophene rings is 1. The molecule has 0 aliphatic heterocycles. The summed E-state index contributed by atoms with van der Waals surface area (Å²) >= 11 is 1.75. The third kappa shape index (κ3) is 6.78. The van der Waals surface area contributed by atoms with Crippen LogP contribution in [0.3, 0.4) is 0 Å². The van der Waals surface area contributed by atoms with Crippen LogP contribution in [-0.4, -0.2) is 26.5 Å². The lowest BCUT2D eigenvalue weighted by molar-refractivity contribution is 0.466. The molecule has 6 heteroatoms. The molecule has 0 fully saturated rings. The molecule has 1 aromatic rings. The molecule has 1 unspecified atom stereocenters. The fraction of sp³-hybridized carbons (Fsp3) is 0.636. The van der Waals surface area contributed by atoms with Crippen LogP contribution in [0.4, 0.5) is 0 Å². The first kappa shape index (κ1) is 14.6. The van der Waals surface area contributed by atoms with E-state index in [4.69, 9.17) is 5.84 Å². The van der Waals surface area contributed by atoms with Gasteiger partial charge in [0.05, 0.1) is 5.75 Å². The second-order valence-corrected chi connectivity index (χ2v) is 7.55. The molecule has 1 heterocycles. The van der Waals surface area contributed by atoms with Crippen LogP contribution in [0.5, 0.6) is 0 Å². The van der Waals surface area contributed by atoms with Gasteiger partial charge in [0.1, 0.15) is 9.84 Å². The summed E-state index contributed by atoms with van der Waals surface area (Å²) < 4.78 is 22.1. The molecule has 1 aromatic heterocycles. The molecule has 1 atom stereocenters. The summed E-state index contributed by atoms with van der Waals surface area (Å²) in [5, 5.41) is 2.07. The van der Waals surface area contributed by atoms with Crippen LogP contribution in [0, 0.1) is 0 Å². The number of rotatable bonds is 8. The van der Waals surface area contributed by atoms with Gasteiger partial charge in [0.25, 0.3) is 0 Å². The van der Waals surface area contributed by atoms with Crippen molar-refractivity contribution in [3.63, 3.8) is 0 Å². The number of aryl methyl sites for hydroxylation is 1. The summed E-state index contributed by atoms with van der Waals surface area (Å²) in [6.07, 6.45) is 4.81. The van der Waals surface area contributed by atoms with Crippen molar-refractivity contribution < 1.29 is 8.42 Å². The van der Waals surface area contributed by atoms with E-state index in [9.17, 15) is 8.42 Å². The largest absolute Gasteiger partial charge is 0.271 e. The highest BCUT2D eigenvalue weighted by molar-refractivity contribution is 7.90. The van der Waals surface area contributed by atoms with Crippen molar-refractivity contribution in [3.05, 3.63) is 22.4 Å². The van der Waals surface area contributed by atoms with Crippen LogP contribution >= 0.6 is 11.3 Å². The van der Waals surface area contributed by atoms with Gasteiger partial charge in [-0.3, -0.25) is 11.3 Å². The van der Waals surface area contributed by atoms with Gasteiger partial charge < -0.3 is 0 Å². The Hall–Kier alpha value is -0.430. The first-order valence-electron chi connectivity index (χ1n) is 5.67. The Balaban J connectivity index is 2.23. The van der Waals surface area contributed by atoms with E-state index in [1.807, 2.05) is 6.07 Å². The SMILES string of the molecule is CS(=O)(=O)CCC(CCCc1cccs1)NN. The van der Waals surface area contributed by atoms with E-state index in [-0.39, 0.29) is 11.8 Å². The van der Waals surface area contributed by atoms with Crippen molar-refractivity contribution in [1.82, 2.24) is 5.43 Å². The van der Waals surface area contributed by atoms with Gasteiger partial charge in [-0.15, -0.1) is 11.3 Å². The fourth-order valence-corrected chi connectivity index (χ4v) is 3.11. The number of sulfone groups is 1. The van der Waals surface area contributed by atoms with Crippen LogP contribution in [0.25, 0.3) is 0 Å². The third-order valence-corrected chi connectivity index (χ3v) is 4.54. The number of nitrogens with one attached hydrogen (secondary N) is 1. The Morgan fingerprint density at radius 3 is 2.76 bits per heavy atom. The van der Waals surface area contributed by atoms with Gasteiger partial charge in [-0.05, 0) is 37.1 Å². The zero-order valence-corrected chi connectivity index (χ0v) is 11.7. The number of hydrazine groups is 1. The first-order valence-corrected chi connectivity index (χ1v) is 8.61. The lowest BCUT2D eigenvalue weighted by atomic mass is 10.1. The summed E-state index contributed by atoms with van der Waals surface area (Å²) in [5.74, 6) is 5.61. The van der Waals surface area contributed by atoms with Crippen molar-refractivity contribution in [1.29, 1.82) is 0 Å². The minimum atomic E-state index is -2.89. The molecular weight excluding hydrogens is 256 g/mol. The summed E-state index contributed by atoms with van der Waals surface area (Å²) in [5.41, 5.74) is 2.69. The minimum absolute atomic E-state index is 0.0877. The van der Waals surface area contributed by atoms with Gasteiger partial charge >= 0.3 is 0 Å². The molecule has 17 heavy (non-hydrogen) atoms. The molecule has 0 aromatic carbocycles. The maximum atomic E-state index is 11.0. The second kappa shape index (κ2) is 7.10. The quantitative estimate of drug-likeness (QED) is 0.555.